The molecule has 0 saturated carbocycles. The van der Waals surface area contributed by atoms with Crippen molar-refractivity contribution in [2.24, 2.45) is 5.41 Å². The maximum absolute atomic E-state index is 12.6. The average molecular weight is 291 g/mol. The summed E-state index contributed by atoms with van der Waals surface area (Å²) < 4.78 is 0. The Morgan fingerprint density at radius 3 is 1.86 bits per heavy atom. The molecule has 4 nitrogen and oxygen atoms in total. The van der Waals surface area contributed by atoms with Crippen LogP contribution < -0.4 is 5.32 Å². The van der Waals surface area contributed by atoms with Gasteiger partial charge in [0, 0.05) is 5.54 Å². The van der Waals surface area contributed by atoms with Crippen molar-refractivity contribution in [2.45, 2.75) is 52.5 Å². The van der Waals surface area contributed by atoms with Crippen molar-refractivity contribution in [2.75, 3.05) is 0 Å². The summed E-state index contributed by atoms with van der Waals surface area (Å²) in [6.07, 6.45) is 0. The molecule has 0 fully saturated rings. The van der Waals surface area contributed by atoms with Gasteiger partial charge in [0.1, 0.15) is 0 Å². The number of carbonyl (C=O) groups is 2. The smallest absolute Gasteiger partial charge is 0.311 e. The second-order valence-corrected chi connectivity index (χ2v) is 7.00. The number of aliphatic carboxylic acids is 1. The van der Waals surface area contributed by atoms with Crippen LogP contribution in [0.1, 0.15) is 47.1 Å². The lowest BCUT2D eigenvalue weighted by atomic mass is 9.73. The molecule has 4 heteroatoms. The van der Waals surface area contributed by atoms with E-state index in [4.69, 9.17) is 0 Å². The number of benzene rings is 1. The second-order valence-electron chi connectivity index (χ2n) is 7.00. The van der Waals surface area contributed by atoms with Crippen molar-refractivity contribution >= 4 is 11.9 Å². The topological polar surface area (TPSA) is 66.4 Å². The molecule has 0 atom stereocenters. The van der Waals surface area contributed by atoms with Crippen molar-refractivity contribution in [3.8, 4) is 0 Å². The van der Waals surface area contributed by atoms with Crippen molar-refractivity contribution in [3.05, 3.63) is 35.9 Å². The number of hydrogen-bond donors (Lipinski definition) is 2. The molecule has 1 rings (SSSR count). The lowest BCUT2D eigenvalue weighted by Crippen LogP contribution is -2.59. The van der Waals surface area contributed by atoms with Gasteiger partial charge in [0.2, 0.25) is 5.91 Å². The van der Waals surface area contributed by atoms with Gasteiger partial charge in [-0.15, -0.1) is 0 Å². The first-order chi connectivity index (χ1) is 9.43. The first kappa shape index (κ1) is 17.2. The standard InChI is InChI=1S/C17H25NO3/c1-15(2,12-10-8-7-9-11-12)13(19)18-17(5,6)16(3,4)14(20)21/h7-11H,1-6H3,(H,18,19)(H,20,21). The summed E-state index contributed by atoms with van der Waals surface area (Å²) in [5, 5.41) is 12.3. The van der Waals surface area contributed by atoms with Crippen LogP contribution in [0, 0.1) is 5.41 Å². The van der Waals surface area contributed by atoms with E-state index in [0.29, 0.717) is 0 Å². The van der Waals surface area contributed by atoms with Crippen molar-refractivity contribution in [3.63, 3.8) is 0 Å². The summed E-state index contributed by atoms with van der Waals surface area (Å²) >= 11 is 0. The second kappa shape index (κ2) is 5.51. The highest BCUT2D eigenvalue weighted by Crippen LogP contribution is 2.32. The van der Waals surface area contributed by atoms with Crippen LogP contribution in [0.4, 0.5) is 0 Å². The summed E-state index contributed by atoms with van der Waals surface area (Å²) in [5.74, 6) is -1.13. The van der Waals surface area contributed by atoms with E-state index in [9.17, 15) is 14.7 Å². The number of amides is 1. The molecular formula is C17H25NO3. The molecule has 0 bridgehead atoms. The Morgan fingerprint density at radius 1 is 0.952 bits per heavy atom. The van der Waals surface area contributed by atoms with Crippen LogP contribution in [0.5, 0.6) is 0 Å². The molecule has 0 heterocycles. The van der Waals surface area contributed by atoms with Crippen LogP contribution in [0.2, 0.25) is 0 Å². The number of hydrogen-bond acceptors (Lipinski definition) is 2. The van der Waals surface area contributed by atoms with E-state index < -0.39 is 22.3 Å². The van der Waals surface area contributed by atoms with E-state index in [1.807, 2.05) is 44.2 Å². The van der Waals surface area contributed by atoms with Gasteiger partial charge < -0.3 is 10.4 Å². The van der Waals surface area contributed by atoms with Crippen LogP contribution in [0.3, 0.4) is 0 Å². The maximum Gasteiger partial charge on any atom is 0.311 e. The molecule has 0 aliphatic heterocycles. The zero-order chi connectivity index (χ0) is 16.5. The minimum Gasteiger partial charge on any atom is -0.481 e. The molecule has 116 valence electrons. The zero-order valence-electron chi connectivity index (χ0n) is 13.7. The van der Waals surface area contributed by atoms with Crippen LogP contribution in [-0.2, 0) is 15.0 Å². The first-order valence-corrected chi connectivity index (χ1v) is 7.04. The van der Waals surface area contributed by atoms with Gasteiger partial charge in [-0.2, -0.15) is 0 Å². The molecule has 2 N–H and O–H groups in total. The number of carbonyl (C=O) groups excluding carboxylic acids is 1. The van der Waals surface area contributed by atoms with E-state index in [-0.39, 0.29) is 5.91 Å². The third-order valence-corrected chi connectivity index (χ3v) is 4.59. The molecule has 1 aromatic rings. The Labute approximate surface area is 126 Å². The summed E-state index contributed by atoms with van der Waals surface area (Å²) in [5.41, 5.74) is -1.78. The third kappa shape index (κ3) is 3.26. The fourth-order valence-electron chi connectivity index (χ4n) is 1.85. The monoisotopic (exact) mass is 291 g/mol. The molecule has 0 aliphatic rings. The Balaban J connectivity index is 3.03. The van der Waals surface area contributed by atoms with Crippen LogP contribution in [-0.4, -0.2) is 22.5 Å². The maximum atomic E-state index is 12.6. The molecule has 1 aromatic carbocycles. The Bertz CT molecular complexity index is 530. The Morgan fingerprint density at radius 2 is 1.43 bits per heavy atom. The Kier molecular flexibility index (Phi) is 4.51. The molecule has 0 radical (unpaired) electrons. The molecule has 0 aliphatic carbocycles. The van der Waals surface area contributed by atoms with Gasteiger partial charge in [0.25, 0.3) is 0 Å². The van der Waals surface area contributed by atoms with Gasteiger partial charge in [-0.25, -0.2) is 0 Å². The predicted octanol–water partition coefficient (Wildman–Crippen LogP) is 2.97. The van der Waals surface area contributed by atoms with Crippen molar-refractivity contribution < 1.29 is 14.7 Å². The van der Waals surface area contributed by atoms with Gasteiger partial charge >= 0.3 is 5.97 Å². The molecule has 0 aromatic heterocycles. The van der Waals surface area contributed by atoms with Crippen molar-refractivity contribution in [1.29, 1.82) is 0 Å². The molecule has 1 amide bonds. The van der Waals surface area contributed by atoms with Crippen molar-refractivity contribution in [1.82, 2.24) is 5.32 Å². The molecule has 21 heavy (non-hydrogen) atoms. The van der Waals surface area contributed by atoms with Crippen LogP contribution in [0.25, 0.3) is 0 Å². The van der Waals surface area contributed by atoms with E-state index in [0.717, 1.165) is 5.56 Å². The molecule has 0 spiro atoms. The summed E-state index contributed by atoms with van der Waals surface area (Å²) in [7, 11) is 0. The summed E-state index contributed by atoms with van der Waals surface area (Å²) in [4.78, 5) is 24.1. The highest BCUT2D eigenvalue weighted by atomic mass is 16.4. The highest BCUT2D eigenvalue weighted by Gasteiger charge is 2.46. The number of rotatable bonds is 5. The fourth-order valence-corrected chi connectivity index (χ4v) is 1.85. The molecule has 0 unspecified atom stereocenters. The lowest BCUT2D eigenvalue weighted by molar-refractivity contribution is -0.152. The molecular weight excluding hydrogens is 266 g/mol. The van der Waals surface area contributed by atoms with Crippen LogP contribution in [0.15, 0.2) is 30.3 Å². The number of nitrogens with one attached hydrogen (secondary N) is 1. The van der Waals surface area contributed by atoms with E-state index in [1.54, 1.807) is 27.7 Å². The first-order valence-electron chi connectivity index (χ1n) is 7.04. The van der Waals surface area contributed by atoms with Gasteiger partial charge in [-0.05, 0) is 47.1 Å². The number of carboxylic acid groups (broad SMARTS) is 1. The van der Waals surface area contributed by atoms with Gasteiger partial charge in [0.05, 0.1) is 10.8 Å². The van der Waals surface area contributed by atoms with Gasteiger partial charge in [0.15, 0.2) is 0 Å². The SMILES string of the molecule is CC(C)(C(=O)NC(C)(C)C(C)(C)C(=O)O)c1ccccc1. The van der Waals surface area contributed by atoms with Gasteiger partial charge in [-0.3, -0.25) is 9.59 Å². The van der Waals surface area contributed by atoms with E-state index in [2.05, 4.69) is 5.32 Å². The summed E-state index contributed by atoms with van der Waals surface area (Å²) in [6.45, 7) is 10.4. The van der Waals surface area contributed by atoms with E-state index in [1.165, 1.54) is 0 Å². The predicted molar refractivity (Wildman–Crippen MR) is 83.1 cm³/mol. The van der Waals surface area contributed by atoms with Gasteiger partial charge in [-0.1, -0.05) is 30.3 Å². The normalized spacial score (nSPS) is 12.9. The average Bonchev–Trinajstić information content (AvgIpc) is 2.38. The summed E-state index contributed by atoms with van der Waals surface area (Å²) in [6, 6.07) is 9.46. The quantitative estimate of drug-likeness (QED) is 0.876. The third-order valence-electron chi connectivity index (χ3n) is 4.59. The minimum atomic E-state index is -1.07. The molecule has 0 saturated heterocycles. The zero-order valence-corrected chi connectivity index (χ0v) is 13.7. The largest absolute Gasteiger partial charge is 0.481 e. The number of carboxylic acids is 1. The lowest BCUT2D eigenvalue weighted by Gasteiger charge is -2.41. The Hall–Kier alpha value is -1.84. The van der Waals surface area contributed by atoms with Crippen LogP contribution >= 0.6 is 0 Å². The minimum absolute atomic E-state index is 0.187. The highest BCUT2D eigenvalue weighted by molar-refractivity contribution is 5.89. The fraction of sp³-hybridized carbons (Fsp3) is 0.529. The van der Waals surface area contributed by atoms with E-state index >= 15 is 0 Å².